The van der Waals surface area contributed by atoms with E-state index in [9.17, 15) is 14.0 Å². The van der Waals surface area contributed by atoms with Gasteiger partial charge in [-0.15, -0.1) is 0 Å². The Balaban J connectivity index is 1.48. The number of hydrogen-bond acceptors (Lipinski definition) is 4. The van der Waals surface area contributed by atoms with Gasteiger partial charge in [0.25, 0.3) is 5.56 Å². The second-order valence-corrected chi connectivity index (χ2v) is 8.58. The monoisotopic (exact) mass is 463 g/mol. The van der Waals surface area contributed by atoms with Gasteiger partial charge in [0.05, 0.1) is 18.1 Å². The highest BCUT2D eigenvalue weighted by atomic mass is 19.1. The number of aromatic nitrogens is 4. The molecule has 9 heteroatoms. The molecule has 8 nitrogen and oxygen atoms in total. The predicted octanol–water partition coefficient (Wildman–Crippen LogP) is 3.91. The second kappa shape index (κ2) is 9.17. The van der Waals surface area contributed by atoms with Crippen LogP contribution in [0.3, 0.4) is 0 Å². The van der Waals surface area contributed by atoms with E-state index in [2.05, 4.69) is 15.1 Å². The second-order valence-electron chi connectivity index (χ2n) is 8.58. The number of carbonyl (C=O) groups is 1. The first-order valence-electron chi connectivity index (χ1n) is 11.4. The van der Waals surface area contributed by atoms with Crippen LogP contribution in [0.15, 0.2) is 53.3 Å². The molecule has 2 aromatic carbocycles. The number of carbonyl (C=O) groups excluding carboxylic acids is 1. The number of amides is 1. The fourth-order valence-electron chi connectivity index (χ4n) is 4.66. The quantitative estimate of drug-likeness (QED) is 0.469. The Hall–Kier alpha value is -3.88. The average molecular weight is 464 g/mol. The first-order valence-corrected chi connectivity index (χ1v) is 11.4. The van der Waals surface area contributed by atoms with E-state index in [1.54, 1.807) is 17.0 Å². The third kappa shape index (κ3) is 4.21. The van der Waals surface area contributed by atoms with Crippen molar-refractivity contribution in [2.75, 3.05) is 20.2 Å². The molecule has 0 radical (unpaired) electrons. The number of aromatic amines is 2. The molecule has 5 rings (SSSR count). The Labute approximate surface area is 195 Å². The average Bonchev–Trinajstić information content (AvgIpc) is 3.44. The third-order valence-corrected chi connectivity index (χ3v) is 6.52. The highest BCUT2D eigenvalue weighted by Crippen LogP contribution is 2.29. The number of methoxy groups -OCH3 is 1. The lowest BCUT2D eigenvalue weighted by Crippen LogP contribution is -2.38. The summed E-state index contributed by atoms with van der Waals surface area (Å²) in [5.74, 6) is 0.255. The van der Waals surface area contributed by atoms with Crippen LogP contribution in [-0.4, -0.2) is 50.9 Å². The normalized spacial score (nSPS) is 14.6. The molecule has 1 fully saturated rings. The van der Waals surface area contributed by atoms with Crippen LogP contribution in [0.1, 0.15) is 35.6 Å². The van der Waals surface area contributed by atoms with Gasteiger partial charge in [-0.2, -0.15) is 4.68 Å². The molecule has 34 heavy (non-hydrogen) atoms. The van der Waals surface area contributed by atoms with E-state index in [0.717, 1.165) is 35.1 Å². The number of aryl methyl sites for hydroxylation is 1. The van der Waals surface area contributed by atoms with Crippen LogP contribution < -0.4 is 5.56 Å². The van der Waals surface area contributed by atoms with Gasteiger partial charge >= 0.3 is 6.09 Å². The van der Waals surface area contributed by atoms with Gasteiger partial charge in [-0.1, -0.05) is 24.3 Å². The number of halogens is 1. The number of fused-ring (bicyclic) bond motifs is 1. The minimum Gasteiger partial charge on any atom is -0.453 e. The summed E-state index contributed by atoms with van der Waals surface area (Å²) in [5.41, 5.74) is 4.01. The van der Waals surface area contributed by atoms with Crippen molar-refractivity contribution >= 4 is 17.1 Å². The molecule has 1 saturated heterocycles. The molecule has 3 heterocycles. The summed E-state index contributed by atoms with van der Waals surface area (Å²) in [5, 5.41) is 3.32. The van der Waals surface area contributed by atoms with Gasteiger partial charge in [0, 0.05) is 30.3 Å². The maximum Gasteiger partial charge on any atom is 0.409 e. The number of nitrogens with one attached hydrogen (secondary N) is 2. The van der Waals surface area contributed by atoms with Crippen molar-refractivity contribution in [1.82, 2.24) is 24.6 Å². The van der Waals surface area contributed by atoms with Gasteiger partial charge in [-0.05, 0) is 55.5 Å². The first-order chi connectivity index (χ1) is 16.5. The third-order valence-electron chi connectivity index (χ3n) is 6.52. The number of nitrogens with zero attached hydrogens (tertiary/aromatic N) is 3. The molecule has 0 saturated carbocycles. The molecule has 0 atom stereocenters. The minimum atomic E-state index is -0.330. The summed E-state index contributed by atoms with van der Waals surface area (Å²) in [6.45, 7) is 1.12. The number of likely N-dealkylation sites (tertiary alicyclic amines) is 1. The Kier molecular flexibility index (Phi) is 5.91. The number of H-pyrrole nitrogens is 2. The van der Waals surface area contributed by atoms with Crippen molar-refractivity contribution in [2.45, 2.75) is 31.6 Å². The maximum absolute atomic E-state index is 13.5. The van der Waals surface area contributed by atoms with Gasteiger partial charge in [-0.3, -0.25) is 9.89 Å². The van der Waals surface area contributed by atoms with Gasteiger partial charge in [0.2, 0.25) is 5.95 Å². The Bertz CT molecular complexity index is 1330. The summed E-state index contributed by atoms with van der Waals surface area (Å²) in [6.07, 6.45) is 2.24. The lowest BCUT2D eigenvalue weighted by molar-refractivity contribution is 0.112. The first kappa shape index (κ1) is 21.9. The van der Waals surface area contributed by atoms with Crippen LogP contribution in [0.2, 0.25) is 0 Å². The number of rotatable bonds is 5. The van der Waals surface area contributed by atoms with Gasteiger partial charge < -0.3 is 14.6 Å². The zero-order valence-corrected chi connectivity index (χ0v) is 18.9. The number of ether oxygens (including phenoxy) is 1. The van der Waals surface area contributed by atoms with Gasteiger partial charge in [0.15, 0.2) is 0 Å². The van der Waals surface area contributed by atoms with Crippen LogP contribution in [0.25, 0.3) is 17.0 Å². The summed E-state index contributed by atoms with van der Waals surface area (Å²) >= 11 is 0. The topological polar surface area (TPSA) is 96.0 Å². The molecule has 0 spiro atoms. The number of hydrogen-bond donors (Lipinski definition) is 2. The summed E-state index contributed by atoms with van der Waals surface area (Å²) in [7, 11) is 1.38. The van der Waals surface area contributed by atoms with Crippen LogP contribution in [-0.2, 0) is 17.6 Å². The lowest BCUT2D eigenvalue weighted by atomic mass is 9.90. The molecule has 1 amide bonds. The fourth-order valence-corrected chi connectivity index (χ4v) is 4.66. The van der Waals surface area contributed by atoms with Crippen molar-refractivity contribution in [1.29, 1.82) is 0 Å². The van der Waals surface area contributed by atoms with Crippen LogP contribution in [0.5, 0.6) is 0 Å². The van der Waals surface area contributed by atoms with E-state index in [1.165, 1.54) is 23.9 Å². The molecule has 1 aliphatic rings. The van der Waals surface area contributed by atoms with E-state index in [0.29, 0.717) is 37.4 Å². The van der Waals surface area contributed by atoms with E-state index in [4.69, 9.17) is 4.74 Å². The predicted molar refractivity (Wildman–Crippen MR) is 126 cm³/mol. The lowest BCUT2D eigenvalue weighted by Gasteiger charge is -2.30. The summed E-state index contributed by atoms with van der Waals surface area (Å²) in [6, 6.07) is 14.0. The minimum absolute atomic E-state index is 0.0995. The van der Waals surface area contributed by atoms with Crippen molar-refractivity contribution in [3.8, 4) is 5.95 Å². The van der Waals surface area contributed by atoms with E-state index >= 15 is 0 Å². The fraction of sp³-hybridized carbons (Fsp3) is 0.320. The number of benzene rings is 2. The number of imidazole rings is 1. The van der Waals surface area contributed by atoms with Crippen molar-refractivity contribution < 1.29 is 13.9 Å². The van der Waals surface area contributed by atoms with Gasteiger partial charge in [-0.25, -0.2) is 14.2 Å². The molecule has 1 aliphatic heterocycles. The van der Waals surface area contributed by atoms with Crippen molar-refractivity contribution in [2.24, 2.45) is 0 Å². The Morgan fingerprint density at radius 3 is 2.56 bits per heavy atom. The maximum atomic E-state index is 13.5. The Morgan fingerprint density at radius 2 is 1.85 bits per heavy atom. The molecule has 0 aliphatic carbocycles. The number of para-hydroxylation sites is 2. The molecular weight excluding hydrogens is 437 g/mol. The molecule has 2 aromatic heterocycles. The molecule has 2 N–H and O–H groups in total. The summed E-state index contributed by atoms with van der Waals surface area (Å²) in [4.78, 5) is 34.9. The number of piperidine rings is 1. The molecule has 0 bridgehead atoms. The Morgan fingerprint density at radius 1 is 1.12 bits per heavy atom. The van der Waals surface area contributed by atoms with Crippen molar-refractivity contribution in [3.05, 3.63) is 81.5 Å². The molecule has 176 valence electrons. The largest absolute Gasteiger partial charge is 0.453 e. The highest BCUT2D eigenvalue weighted by molar-refractivity contribution is 5.75. The zero-order chi connectivity index (χ0) is 23.7. The molecule has 4 aromatic rings. The molecule has 0 unspecified atom stereocenters. The van der Waals surface area contributed by atoms with Crippen LogP contribution in [0, 0.1) is 5.82 Å². The highest BCUT2D eigenvalue weighted by Gasteiger charge is 2.29. The SMILES string of the molecule is COC(=O)N1CCC(c2[nH]n(-c3nc4ccccc4[nH]3)c(=O)c2CCc2ccc(F)cc2)CC1. The standard InChI is InChI=1S/C25H26FN5O3/c1-34-25(33)30-14-12-17(13-15-30)22-19(11-8-16-6-9-18(26)10-7-16)23(32)31(29-22)24-27-20-4-2-3-5-21(20)28-24/h2-7,9-10,17,29H,8,11-15H2,1H3,(H,27,28). The zero-order valence-electron chi connectivity index (χ0n) is 18.9. The smallest absolute Gasteiger partial charge is 0.409 e. The van der Waals surface area contributed by atoms with Gasteiger partial charge in [0.1, 0.15) is 5.82 Å². The van der Waals surface area contributed by atoms with Crippen LogP contribution >= 0.6 is 0 Å². The van der Waals surface area contributed by atoms with E-state index in [1.807, 2.05) is 24.3 Å². The molecular formula is C25H26FN5O3. The van der Waals surface area contributed by atoms with Crippen LogP contribution in [0.4, 0.5) is 9.18 Å². The van der Waals surface area contributed by atoms with E-state index in [-0.39, 0.29) is 23.4 Å². The van der Waals surface area contributed by atoms with Crippen molar-refractivity contribution in [3.63, 3.8) is 0 Å². The summed E-state index contributed by atoms with van der Waals surface area (Å²) < 4.78 is 19.6. The van der Waals surface area contributed by atoms with E-state index < -0.39 is 0 Å².